The first-order valence-electron chi connectivity index (χ1n) is 8.69. The van der Waals surface area contributed by atoms with Crippen LogP contribution in [0.2, 0.25) is 5.02 Å². The number of para-hydroxylation sites is 2. The number of hydrogen-bond donors (Lipinski definition) is 3. The number of halogens is 1. The number of anilines is 3. The molecule has 0 aliphatic heterocycles. The fraction of sp³-hybridized carbons (Fsp3) is 0. The molecule has 0 radical (unpaired) electrons. The third kappa shape index (κ3) is 2.90. The molecule has 28 heavy (non-hydrogen) atoms. The summed E-state index contributed by atoms with van der Waals surface area (Å²) in [5.41, 5.74) is 10.8. The minimum absolute atomic E-state index is 0.616. The smallest absolute Gasteiger partial charge is 0.141 e. The highest BCUT2D eigenvalue weighted by Crippen LogP contribution is 2.32. The van der Waals surface area contributed by atoms with E-state index < -0.39 is 0 Å². The molecule has 5 rings (SSSR count). The van der Waals surface area contributed by atoms with E-state index in [9.17, 15) is 0 Å². The van der Waals surface area contributed by atoms with Crippen LogP contribution >= 0.6 is 11.6 Å². The topological polar surface area (TPSA) is 92.5 Å². The summed E-state index contributed by atoms with van der Waals surface area (Å²) in [5.74, 6) is 1.41. The van der Waals surface area contributed by atoms with Gasteiger partial charge in [0.2, 0.25) is 0 Å². The zero-order valence-electron chi connectivity index (χ0n) is 14.6. The average molecular weight is 387 g/mol. The average Bonchev–Trinajstić information content (AvgIpc) is 3.13. The molecule has 2 aromatic heterocycles. The van der Waals surface area contributed by atoms with Crippen LogP contribution in [-0.4, -0.2) is 19.9 Å². The first-order valence-corrected chi connectivity index (χ1v) is 9.07. The number of rotatable bonds is 3. The van der Waals surface area contributed by atoms with Crippen molar-refractivity contribution < 1.29 is 0 Å². The number of nitrogens with zero attached hydrogens (tertiary/aromatic N) is 3. The van der Waals surface area contributed by atoms with Crippen molar-refractivity contribution in [2.24, 2.45) is 0 Å². The molecular weight excluding hydrogens is 372 g/mol. The van der Waals surface area contributed by atoms with Gasteiger partial charge in [-0.25, -0.2) is 15.0 Å². The van der Waals surface area contributed by atoms with Gasteiger partial charge in [0.1, 0.15) is 18.0 Å². The lowest BCUT2D eigenvalue weighted by Gasteiger charge is -2.10. The number of benzene rings is 3. The molecule has 0 saturated carbocycles. The Morgan fingerprint density at radius 2 is 1.82 bits per heavy atom. The van der Waals surface area contributed by atoms with Crippen LogP contribution in [0.3, 0.4) is 0 Å². The summed E-state index contributed by atoms with van der Waals surface area (Å²) in [6.07, 6.45) is 1.51. The van der Waals surface area contributed by atoms with Gasteiger partial charge in [-0.15, -0.1) is 0 Å². The van der Waals surface area contributed by atoms with Crippen LogP contribution in [0.25, 0.3) is 33.3 Å². The van der Waals surface area contributed by atoms with Gasteiger partial charge >= 0.3 is 0 Å². The van der Waals surface area contributed by atoms with Crippen molar-refractivity contribution >= 4 is 50.7 Å². The van der Waals surface area contributed by atoms with Crippen molar-refractivity contribution in [1.82, 2.24) is 19.9 Å². The van der Waals surface area contributed by atoms with E-state index in [1.807, 2.05) is 60.7 Å². The molecule has 4 N–H and O–H groups in total. The molecule has 5 aromatic rings. The monoisotopic (exact) mass is 386 g/mol. The molecular formula is C21H15ClN6. The minimum Gasteiger partial charge on any atom is -0.399 e. The van der Waals surface area contributed by atoms with E-state index in [4.69, 9.17) is 17.3 Å². The quantitative estimate of drug-likeness (QED) is 0.373. The fourth-order valence-electron chi connectivity index (χ4n) is 3.18. The van der Waals surface area contributed by atoms with Crippen molar-refractivity contribution in [3.63, 3.8) is 0 Å². The summed E-state index contributed by atoms with van der Waals surface area (Å²) in [4.78, 5) is 16.6. The number of hydrogen-bond acceptors (Lipinski definition) is 5. The van der Waals surface area contributed by atoms with Crippen molar-refractivity contribution in [2.45, 2.75) is 0 Å². The lowest BCUT2D eigenvalue weighted by atomic mass is 10.1. The Bertz CT molecular complexity index is 1290. The number of nitrogens with two attached hydrogens (primary N) is 1. The van der Waals surface area contributed by atoms with Crippen molar-refractivity contribution in [2.75, 3.05) is 11.1 Å². The number of nitrogens with one attached hydrogen (secondary N) is 2. The third-order valence-corrected chi connectivity index (χ3v) is 4.86. The number of nitrogen functional groups attached to an aromatic ring is 1. The van der Waals surface area contributed by atoms with Gasteiger partial charge in [0.15, 0.2) is 0 Å². The number of H-pyrrole nitrogens is 1. The van der Waals surface area contributed by atoms with Crippen molar-refractivity contribution in [1.29, 1.82) is 0 Å². The van der Waals surface area contributed by atoms with E-state index in [2.05, 4.69) is 25.3 Å². The second-order valence-electron chi connectivity index (χ2n) is 6.42. The molecule has 2 heterocycles. The Hall–Kier alpha value is -3.64. The van der Waals surface area contributed by atoms with Crippen LogP contribution in [0.1, 0.15) is 0 Å². The second kappa shape index (κ2) is 6.51. The summed E-state index contributed by atoms with van der Waals surface area (Å²) < 4.78 is 0. The molecule has 0 spiro atoms. The predicted molar refractivity (Wildman–Crippen MR) is 114 cm³/mol. The largest absolute Gasteiger partial charge is 0.399 e. The SMILES string of the molecule is Nc1ccc2c(Nc3ccc(Cl)c(-c4nc5ccccc5[nH]4)c3)ncnc2c1. The van der Waals surface area contributed by atoms with Gasteiger partial charge in [0.25, 0.3) is 0 Å². The van der Waals surface area contributed by atoms with Crippen molar-refractivity contribution in [3.8, 4) is 11.4 Å². The van der Waals surface area contributed by atoms with E-state index in [1.165, 1.54) is 6.33 Å². The Morgan fingerprint density at radius 3 is 2.71 bits per heavy atom. The van der Waals surface area contributed by atoms with Gasteiger partial charge in [0, 0.05) is 22.3 Å². The molecule has 0 amide bonds. The Kier molecular flexibility index (Phi) is 3.84. The third-order valence-electron chi connectivity index (χ3n) is 4.53. The van der Waals surface area contributed by atoms with E-state index in [1.54, 1.807) is 0 Å². The number of fused-ring (bicyclic) bond motifs is 2. The van der Waals surface area contributed by atoms with Gasteiger partial charge in [-0.05, 0) is 48.5 Å². The normalized spacial score (nSPS) is 11.2. The van der Waals surface area contributed by atoms with E-state index >= 15 is 0 Å². The molecule has 0 saturated heterocycles. The summed E-state index contributed by atoms with van der Waals surface area (Å²) in [5, 5.41) is 4.85. The fourth-order valence-corrected chi connectivity index (χ4v) is 3.38. The lowest BCUT2D eigenvalue weighted by molar-refractivity contribution is 1.22. The van der Waals surface area contributed by atoms with Gasteiger partial charge in [-0.3, -0.25) is 0 Å². The summed E-state index contributed by atoms with van der Waals surface area (Å²) in [6, 6.07) is 19.1. The molecule has 0 aliphatic rings. The van der Waals surface area contributed by atoms with Gasteiger partial charge in [-0.2, -0.15) is 0 Å². The van der Waals surface area contributed by atoms with Crippen LogP contribution in [0.5, 0.6) is 0 Å². The number of aromatic nitrogens is 4. The highest BCUT2D eigenvalue weighted by molar-refractivity contribution is 6.33. The lowest BCUT2D eigenvalue weighted by Crippen LogP contribution is -1.97. The van der Waals surface area contributed by atoms with Gasteiger partial charge in [-0.1, -0.05) is 23.7 Å². The second-order valence-corrected chi connectivity index (χ2v) is 6.83. The first kappa shape index (κ1) is 16.5. The van der Waals surface area contributed by atoms with Gasteiger partial charge in [0.05, 0.1) is 21.6 Å². The molecule has 0 atom stereocenters. The first-order chi connectivity index (χ1) is 13.7. The van der Waals surface area contributed by atoms with Crippen LogP contribution in [0.4, 0.5) is 17.2 Å². The molecule has 0 aliphatic carbocycles. The van der Waals surface area contributed by atoms with E-state index in [-0.39, 0.29) is 0 Å². The molecule has 136 valence electrons. The van der Waals surface area contributed by atoms with Crippen LogP contribution < -0.4 is 11.1 Å². The number of aromatic amines is 1. The predicted octanol–water partition coefficient (Wildman–Crippen LogP) is 5.15. The van der Waals surface area contributed by atoms with Crippen LogP contribution in [0, 0.1) is 0 Å². The maximum atomic E-state index is 6.45. The van der Waals surface area contributed by atoms with Crippen molar-refractivity contribution in [3.05, 3.63) is 72.0 Å². The molecule has 7 heteroatoms. The zero-order chi connectivity index (χ0) is 19.1. The summed E-state index contributed by atoms with van der Waals surface area (Å²) >= 11 is 6.45. The Morgan fingerprint density at radius 1 is 0.929 bits per heavy atom. The van der Waals surface area contributed by atoms with Crippen LogP contribution in [-0.2, 0) is 0 Å². The molecule has 6 nitrogen and oxygen atoms in total. The molecule has 0 unspecified atom stereocenters. The summed E-state index contributed by atoms with van der Waals surface area (Å²) in [7, 11) is 0. The maximum Gasteiger partial charge on any atom is 0.141 e. The van der Waals surface area contributed by atoms with Gasteiger partial charge < -0.3 is 16.0 Å². The highest BCUT2D eigenvalue weighted by Gasteiger charge is 2.11. The Labute approximate surface area is 165 Å². The standard InChI is InChI=1S/C21H15ClN6/c22-16-8-6-13(10-15(16)21-27-17-3-1-2-4-18(17)28-21)26-20-14-7-5-12(23)9-19(14)24-11-25-20/h1-11H,23H2,(H,27,28)(H,24,25,26). The molecule has 0 fully saturated rings. The summed E-state index contributed by atoms with van der Waals surface area (Å²) in [6.45, 7) is 0. The molecule has 3 aromatic carbocycles. The van der Waals surface area contributed by atoms with E-state index in [0.717, 1.165) is 39.0 Å². The highest BCUT2D eigenvalue weighted by atomic mass is 35.5. The molecule has 0 bridgehead atoms. The minimum atomic E-state index is 0.616. The maximum absolute atomic E-state index is 6.45. The van der Waals surface area contributed by atoms with E-state index in [0.29, 0.717) is 16.5 Å². The zero-order valence-corrected chi connectivity index (χ0v) is 15.4. The Balaban J connectivity index is 1.56. The number of imidazole rings is 1. The van der Waals surface area contributed by atoms with Crippen LogP contribution in [0.15, 0.2) is 67.0 Å².